The lowest BCUT2D eigenvalue weighted by atomic mass is 10.1. The Hall–Kier alpha value is -1.41. The number of nitrogens with one attached hydrogen (secondary N) is 2. The van der Waals surface area contributed by atoms with Crippen LogP contribution in [-0.2, 0) is 0 Å². The van der Waals surface area contributed by atoms with E-state index in [1.807, 2.05) is 43.5 Å². The fourth-order valence-electron chi connectivity index (χ4n) is 1.48. The van der Waals surface area contributed by atoms with Crippen molar-refractivity contribution in [3.05, 3.63) is 48.0 Å². The minimum Gasteiger partial charge on any atom is -0.320 e. The van der Waals surface area contributed by atoms with E-state index in [0.29, 0.717) is 5.71 Å². The predicted molar refractivity (Wildman–Crippen MR) is 70.2 cm³/mol. The molecule has 0 spiro atoms. The SMILES string of the molecule is CNCCCC/C=C/C(=N)c1ccccc1. The molecule has 2 nitrogen and oxygen atoms in total. The van der Waals surface area contributed by atoms with Gasteiger partial charge in [-0.05, 0) is 44.5 Å². The molecule has 0 amide bonds. The number of allylic oxidation sites excluding steroid dienone is 2. The minimum atomic E-state index is 0.592. The third-order valence-electron chi connectivity index (χ3n) is 2.42. The van der Waals surface area contributed by atoms with Crippen molar-refractivity contribution in [2.24, 2.45) is 0 Å². The van der Waals surface area contributed by atoms with Crippen molar-refractivity contribution in [3.63, 3.8) is 0 Å². The third-order valence-corrected chi connectivity index (χ3v) is 2.42. The molecular weight excluding hydrogens is 196 g/mol. The molecular formula is C14H20N2. The van der Waals surface area contributed by atoms with Crippen LogP contribution < -0.4 is 5.32 Å². The molecule has 0 aliphatic rings. The number of benzene rings is 1. The van der Waals surface area contributed by atoms with Gasteiger partial charge in [0, 0.05) is 0 Å². The van der Waals surface area contributed by atoms with Gasteiger partial charge in [0.15, 0.2) is 0 Å². The summed E-state index contributed by atoms with van der Waals surface area (Å²) in [5, 5.41) is 11.0. The van der Waals surface area contributed by atoms with Crippen LogP contribution in [0.1, 0.15) is 24.8 Å². The zero-order chi connectivity index (χ0) is 11.6. The first-order chi connectivity index (χ1) is 7.84. The Labute approximate surface area is 97.9 Å². The molecule has 86 valence electrons. The maximum Gasteiger partial charge on any atom is 0.0609 e. The van der Waals surface area contributed by atoms with Crippen LogP contribution in [0.5, 0.6) is 0 Å². The van der Waals surface area contributed by atoms with Gasteiger partial charge in [-0.1, -0.05) is 36.4 Å². The van der Waals surface area contributed by atoms with Gasteiger partial charge in [-0.25, -0.2) is 0 Å². The van der Waals surface area contributed by atoms with Gasteiger partial charge in [-0.15, -0.1) is 0 Å². The van der Waals surface area contributed by atoms with Crippen LogP contribution in [0.25, 0.3) is 0 Å². The normalized spacial score (nSPS) is 10.8. The summed E-state index contributed by atoms with van der Waals surface area (Å²) in [5.74, 6) is 0. The monoisotopic (exact) mass is 216 g/mol. The highest BCUT2D eigenvalue weighted by Crippen LogP contribution is 2.02. The summed E-state index contributed by atoms with van der Waals surface area (Å²) in [4.78, 5) is 0. The van der Waals surface area contributed by atoms with Crippen LogP contribution in [0.4, 0.5) is 0 Å². The topological polar surface area (TPSA) is 35.9 Å². The van der Waals surface area contributed by atoms with Gasteiger partial charge in [-0.3, -0.25) is 0 Å². The summed E-state index contributed by atoms with van der Waals surface area (Å²) >= 11 is 0. The Balaban J connectivity index is 2.27. The summed E-state index contributed by atoms with van der Waals surface area (Å²) in [6.45, 7) is 1.07. The molecule has 0 aromatic heterocycles. The van der Waals surface area contributed by atoms with Gasteiger partial charge < -0.3 is 10.7 Å². The van der Waals surface area contributed by atoms with Gasteiger partial charge in [0.25, 0.3) is 0 Å². The molecule has 0 unspecified atom stereocenters. The molecule has 0 aliphatic heterocycles. The van der Waals surface area contributed by atoms with Gasteiger partial charge in [-0.2, -0.15) is 0 Å². The van der Waals surface area contributed by atoms with Crippen LogP contribution >= 0.6 is 0 Å². The van der Waals surface area contributed by atoms with Crippen LogP contribution in [0.3, 0.4) is 0 Å². The summed E-state index contributed by atoms with van der Waals surface area (Å²) in [7, 11) is 1.97. The van der Waals surface area contributed by atoms with E-state index >= 15 is 0 Å². The first kappa shape index (κ1) is 12.7. The van der Waals surface area contributed by atoms with E-state index in [1.165, 1.54) is 12.8 Å². The number of hydrogen-bond acceptors (Lipinski definition) is 2. The van der Waals surface area contributed by atoms with Crippen LogP contribution in [0.2, 0.25) is 0 Å². The second-order valence-electron chi connectivity index (χ2n) is 3.78. The van der Waals surface area contributed by atoms with E-state index < -0.39 is 0 Å². The predicted octanol–water partition coefficient (Wildman–Crippen LogP) is 3.00. The first-order valence-corrected chi connectivity index (χ1v) is 5.79. The zero-order valence-corrected chi connectivity index (χ0v) is 9.87. The molecule has 2 N–H and O–H groups in total. The zero-order valence-electron chi connectivity index (χ0n) is 9.87. The largest absolute Gasteiger partial charge is 0.320 e. The Bertz CT molecular complexity index is 328. The van der Waals surface area contributed by atoms with Gasteiger partial charge >= 0.3 is 0 Å². The molecule has 0 atom stereocenters. The molecule has 0 saturated carbocycles. The van der Waals surface area contributed by atoms with Crippen LogP contribution in [0, 0.1) is 5.41 Å². The highest BCUT2D eigenvalue weighted by molar-refractivity contribution is 6.06. The van der Waals surface area contributed by atoms with Crippen molar-refractivity contribution >= 4 is 5.71 Å². The quantitative estimate of drug-likeness (QED) is 0.533. The third kappa shape index (κ3) is 4.89. The molecule has 16 heavy (non-hydrogen) atoms. The molecule has 1 aromatic rings. The summed E-state index contributed by atoms with van der Waals surface area (Å²) in [6, 6.07) is 9.83. The first-order valence-electron chi connectivity index (χ1n) is 5.79. The smallest absolute Gasteiger partial charge is 0.0609 e. The molecule has 0 radical (unpaired) electrons. The van der Waals surface area contributed by atoms with Crippen molar-refractivity contribution in [2.45, 2.75) is 19.3 Å². The van der Waals surface area contributed by atoms with Crippen molar-refractivity contribution in [1.82, 2.24) is 5.32 Å². The standard InChI is InChI=1S/C14H20N2/c1-16-12-8-3-2-7-11-14(15)13-9-5-4-6-10-13/h4-7,9-11,15-16H,2-3,8,12H2,1H3/b11-7+,15-14?. The molecule has 0 fully saturated rings. The Morgan fingerprint density at radius 1 is 1.25 bits per heavy atom. The second-order valence-corrected chi connectivity index (χ2v) is 3.78. The average Bonchev–Trinajstić information content (AvgIpc) is 2.34. The maximum absolute atomic E-state index is 7.85. The Morgan fingerprint density at radius 3 is 2.69 bits per heavy atom. The highest BCUT2D eigenvalue weighted by Gasteiger charge is 1.93. The average molecular weight is 216 g/mol. The fraction of sp³-hybridized carbons (Fsp3) is 0.357. The molecule has 0 saturated heterocycles. The molecule has 0 heterocycles. The van der Waals surface area contributed by atoms with Gasteiger partial charge in [0.05, 0.1) is 5.71 Å². The van der Waals surface area contributed by atoms with Crippen molar-refractivity contribution in [1.29, 1.82) is 5.41 Å². The Morgan fingerprint density at radius 2 is 2.00 bits per heavy atom. The lowest BCUT2D eigenvalue weighted by Crippen LogP contribution is -2.06. The number of hydrogen-bond donors (Lipinski definition) is 2. The second kappa shape index (κ2) is 7.83. The fourth-order valence-corrected chi connectivity index (χ4v) is 1.48. The van der Waals surface area contributed by atoms with E-state index in [0.717, 1.165) is 18.5 Å². The molecule has 2 heteroatoms. The Kier molecular flexibility index (Phi) is 6.19. The maximum atomic E-state index is 7.85. The van der Waals surface area contributed by atoms with Gasteiger partial charge in [0.2, 0.25) is 0 Å². The minimum absolute atomic E-state index is 0.592. The van der Waals surface area contributed by atoms with E-state index in [1.54, 1.807) is 0 Å². The molecule has 1 rings (SSSR count). The molecule has 0 bridgehead atoms. The van der Waals surface area contributed by atoms with Crippen LogP contribution in [0.15, 0.2) is 42.5 Å². The van der Waals surface area contributed by atoms with E-state index in [-0.39, 0.29) is 0 Å². The van der Waals surface area contributed by atoms with Crippen LogP contribution in [-0.4, -0.2) is 19.3 Å². The van der Waals surface area contributed by atoms with E-state index in [4.69, 9.17) is 5.41 Å². The van der Waals surface area contributed by atoms with Crippen molar-refractivity contribution in [2.75, 3.05) is 13.6 Å². The van der Waals surface area contributed by atoms with Gasteiger partial charge in [0.1, 0.15) is 0 Å². The lowest BCUT2D eigenvalue weighted by molar-refractivity contribution is 0.685. The lowest BCUT2D eigenvalue weighted by Gasteiger charge is -1.98. The highest BCUT2D eigenvalue weighted by atomic mass is 14.8. The number of unbranched alkanes of at least 4 members (excludes halogenated alkanes) is 2. The van der Waals surface area contributed by atoms with E-state index in [2.05, 4.69) is 11.4 Å². The number of rotatable bonds is 7. The van der Waals surface area contributed by atoms with Crippen molar-refractivity contribution in [3.8, 4) is 0 Å². The summed E-state index contributed by atoms with van der Waals surface area (Å²) in [5.41, 5.74) is 1.57. The molecule has 1 aromatic carbocycles. The van der Waals surface area contributed by atoms with E-state index in [9.17, 15) is 0 Å². The van der Waals surface area contributed by atoms with Crippen molar-refractivity contribution < 1.29 is 0 Å². The molecule has 0 aliphatic carbocycles. The summed E-state index contributed by atoms with van der Waals surface area (Å²) < 4.78 is 0. The summed E-state index contributed by atoms with van der Waals surface area (Å²) in [6.07, 6.45) is 7.41.